The lowest BCUT2D eigenvalue weighted by molar-refractivity contribution is -0.122. The van der Waals surface area contributed by atoms with Crippen LogP contribution in [0.5, 0.6) is 0 Å². The van der Waals surface area contributed by atoms with Gasteiger partial charge < -0.3 is 0 Å². The molecule has 0 heterocycles. The Kier molecular flexibility index (Phi) is 2.39. The molecule has 0 fully saturated rings. The molecular formula is C11H11NO2. The molecule has 0 aliphatic heterocycles. The van der Waals surface area contributed by atoms with E-state index in [0.717, 1.165) is 12.8 Å². The molecule has 3 nitrogen and oxygen atoms in total. The third-order valence-corrected chi connectivity index (χ3v) is 2.79. The zero-order valence-corrected chi connectivity index (χ0v) is 7.77. The number of nitroso groups, excluding NO2 is 1. The van der Waals surface area contributed by atoms with Gasteiger partial charge in [-0.1, -0.05) is 24.3 Å². The molecule has 1 atom stereocenters. The average Bonchev–Trinajstić information content (AvgIpc) is 2.27. The number of amides is 1. The number of rotatable bonds is 1. The molecule has 1 aliphatic rings. The van der Waals surface area contributed by atoms with Crippen LogP contribution in [0, 0.1) is 10.8 Å². The Morgan fingerprint density at radius 1 is 1.29 bits per heavy atom. The molecule has 0 spiro atoms. The summed E-state index contributed by atoms with van der Waals surface area (Å²) in [5.74, 6) is -0.693. The lowest BCUT2D eigenvalue weighted by Crippen LogP contribution is -2.20. The van der Waals surface area contributed by atoms with Gasteiger partial charge in [0.25, 0.3) is 5.91 Å². The van der Waals surface area contributed by atoms with Crippen LogP contribution in [0.3, 0.4) is 0 Å². The van der Waals surface area contributed by atoms with Crippen molar-refractivity contribution in [3.05, 3.63) is 40.3 Å². The van der Waals surface area contributed by atoms with Crippen LogP contribution < -0.4 is 0 Å². The quantitative estimate of drug-likeness (QED) is 0.635. The Morgan fingerprint density at radius 2 is 2.00 bits per heavy atom. The first-order chi connectivity index (χ1) is 6.81. The minimum Gasteiger partial charge on any atom is -0.269 e. The van der Waals surface area contributed by atoms with Crippen LogP contribution in [0.25, 0.3) is 0 Å². The summed E-state index contributed by atoms with van der Waals surface area (Å²) in [6, 6.07) is 8.04. The first-order valence-corrected chi connectivity index (χ1v) is 4.75. The fraction of sp³-hybridized carbons (Fsp3) is 0.364. The van der Waals surface area contributed by atoms with E-state index in [2.05, 4.69) is 11.2 Å². The van der Waals surface area contributed by atoms with Crippen molar-refractivity contribution >= 4 is 5.91 Å². The maximum atomic E-state index is 11.1. The highest BCUT2D eigenvalue weighted by atomic mass is 16.3. The summed E-state index contributed by atoms with van der Waals surface area (Å²) in [6.07, 6.45) is 2.30. The molecule has 1 aromatic rings. The van der Waals surface area contributed by atoms with Gasteiger partial charge in [-0.2, -0.15) is 0 Å². The number of carbonyl (C=O) groups is 1. The summed E-state index contributed by atoms with van der Waals surface area (Å²) in [6.45, 7) is 0. The average molecular weight is 189 g/mol. The van der Waals surface area contributed by atoms with E-state index in [-0.39, 0.29) is 5.92 Å². The van der Waals surface area contributed by atoms with Gasteiger partial charge in [0.15, 0.2) is 0 Å². The topological polar surface area (TPSA) is 46.5 Å². The van der Waals surface area contributed by atoms with Crippen molar-refractivity contribution in [2.75, 3.05) is 0 Å². The highest BCUT2D eigenvalue weighted by Crippen LogP contribution is 2.25. The summed E-state index contributed by atoms with van der Waals surface area (Å²) >= 11 is 0. The third kappa shape index (κ3) is 1.58. The van der Waals surface area contributed by atoms with Gasteiger partial charge in [-0.3, -0.25) is 4.79 Å². The molecule has 0 N–H and O–H groups in total. The minimum absolute atomic E-state index is 0.192. The van der Waals surface area contributed by atoms with Crippen LogP contribution in [0.4, 0.5) is 0 Å². The van der Waals surface area contributed by atoms with Crippen LogP contribution in [0.2, 0.25) is 0 Å². The Morgan fingerprint density at radius 3 is 2.71 bits per heavy atom. The standard InChI is InChI=1S/C11H11NO2/c13-11(12-14)10-6-5-8-3-1-2-4-9(8)7-10/h1-4,10H,5-7H2. The normalized spacial score (nSPS) is 19.9. The van der Waals surface area contributed by atoms with Crippen molar-refractivity contribution in [2.45, 2.75) is 19.3 Å². The molecule has 0 radical (unpaired) electrons. The van der Waals surface area contributed by atoms with Crippen molar-refractivity contribution in [3.8, 4) is 0 Å². The lowest BCUT2D eigenvalue weighted by Gasteiger charge is -2.20. The number of fused-ring (bicyclic) bond motifs is 1. The number of hydrogen-bond acceptors (Lipinski definition) is 2. The second-order valence-electron chi connectivity index (χ2n) is 3.64. The second-order valence-corrected chi connectivity index (χ2v) is 3.64. The van der Waals surface area contributed by atoms with Crippen LogP contribution in [0.1, 0.15) is 17.5 Å². The maximum absolute atomic E-state index is 11.1. The monoisotopic (exact) mass is 189 g/mol. The number of aryl methyl sites for hydroxylation is 1. The molecule has 72 valence electrons. The lowest BCUT2D eigenvalue weighted by atomic mass is 9.84. The predicted octanol–water partition coefficient (Wildman–Crippen LogP) is 2.08. The zero-order valence-electron chi connectivity index (χ0n) is 7.77. The van der Waals surface area contributed by atoms with Gasteiger partial charge in [0.2, 0.25) is 0 Å². The van der Waals surface area contributed by atoms with Gasteiger partial charge in [0.1, 0.15) is 0 Å². The van der Waals surface area contributed by atoms with E-state index >= 15 is 0 Å². The molecule has 0 aromatic heterocycles. The van der Waals surface area contributed by atoms with Crippen molar-refractivity contribution in [1.29, 1.82) is 0 Å². The second kappa shape index (κ2) is 3.70. The summed E-state index contributed by atoms with van der Waals surface area (Å²) in [5, 5.41) is 2.50. The minimum atomic E-state index is -0.500. The van der Waals surface area contributed by atoms with E-state index in [4.69, 9.17) is 0 Å². The smallest absolute Gasteiger partial charge is 0.269 e. The molecule has 3 heteroatoms. The van der Waals surface area contributed by atoms with Crippen molar-refractivity contribution in [2.24, 2.45) is 11.1 Å². The highest BCUT2D eigenvalue weighted by Gasteiger charge is 2.24. The fourth-order valence-corrected chi connectivity index (χ4v) is 1.98. The van der Waals surface area contributed by atoms with Crippen molar-refractivity contribution in [1.82, 2.24) is 0 Å². The third-order valence-electron chi connectivity index (χ3n) is 2.79. The van der Waals surface area contributed by atoms with Gasteiger partial charge >= 0.3 is 0 Å². The van der Waals surface area contributed by atoms with E-state index in [1.165, 1.54) is 11.1 Å². The van der Waals surface area contributed by atoms with Crippen LogP contribution >= 0.6 is 0 Å². The number of carbonyl (C=O) groups excluding carboxylic acids is 1. The number of nitrogens with zero attached hydrogens (tertiary/aromatic N) is 1. The molecule has 1 unspecified atom stereocenters. The Hall–Kier alpha value is -1.51. The highest BCUT2D eigenvalue weighted by molar-refractivity contribution is 5.79. The molecule has 0 saturated heterocycles. The first kappa shape index (κ1) is 9.06. The van der Waals surface area contributed by atoms with Crippen LogP contribution in [-0.4, -0.2) is 5.91 Å². The SMILES string of the molecule is O=NC(=O)C1CCc2ccccc2C1. The van der Waals surface area contributed by atoms with Crippen molar-refractivity contribution < 1.29 is 4.79 Å². The van der Waals surface area contributed by atoms with E-state index in [0.29, 0.717) is 6.42 Å². The number of benzene rings is 1. The van der Waals surface area contributed by atoms with Gasteiger partial charge in [-0.25, -0.2) is 0 Å². The molecule has 0 bridgehead atoms. The van der Waals surface area contributed by atoms with Crippen LogP contribution in [-0.2, 0) is 17.6 Å². The molecule has 1 aromatic carbocycles. The Labute approximate surface area is 82.1 Å². The van der Waals surface area contributed by atoms with E-state index in [1.54, 1.807) is 0 Å². The number of hydrogen-bond donors (Lipinski definition) is 0. The van der Waals surface area contributed by atoms with Gasteiger partial charge in [-0.15, -0.1) is 4.91 Å². The predicted molar refractivity (Wildman–Crippen MR) is 52.8 cm³/mol. The maximum Gasteiger partial charge on any atom is 0.289 e. The van der Waals surface area contributed by atoms with Gasteiger partial charge in [-0.05, 0) is 30.4 Å². The molecule has 1 amide bonds. The van der Waals surface area contributed by atoms with Gasteiger partial charge in [0, 0.05) is 11.1 Å². The Bertz CT molecular complexity index is 373. The van der Waals surface area contributed by atoms with E-state index in [1.807, 2.05) is 18.2 Å². The molecule has 2 rings (SSSR count). The summed E-state index contributed by atoms with van der Waals surface area (Å²) in [7, 11) is 0. The molecule has 14 heavy (non-hydrogen) atoms. The molecule has 0 saturated carbocycles. The Balaban J connectivity index is 2.21. The summed E-state index contributed by atoms with van der Waals surface area (Å²) < 4.78 is 0. The first-order valence-electron chi connectivity index (χ1n) is 4.75. The molecule has 1 aliphatic carbocycles. The largest absolute Gasteiger partial charge is 0.289 e. The summed E-state index contributed by atoms with van der Waals surface area (Å²) in [5.41, 5.74) is 2.48. The van der Waals surface area contributed by atoms with Crippen LogP contribution in [0.15, 0.2) is 29.4 Å². The zero-order chi connectivity index (χ0) is 9.97. The van der Waals surface area contributed by atoms with E-state index in [9.17, 15) is 9.70 Å². The fourth-order valence-electron chi connectivity index (χ4n) is 1.98. The summed E-state index contributed by atoms with van der Waals surface area (Å²) in [4.78, 5) is 21.2. The van der Waals surface area contributed by atoms with E-state index < -0.39 is 5.91 Å². The molecular weight excluding hydrogens is 178 g/mol. The van der Waals surface area contributed by atoms with Crippen molar-refractivity contribution in [3.63, 3.8) is 0 Å². The van der Waals surface area contributed by atoms with Gasteiger partial charge in [0.05, 0.1) is 0 Å².